The van der Waals surface area contributed by atoms with Crippen molar-refractivity contribution in [1.29, 1.82) is 0 Å². The molecule has 0 aromatic heterocycles. The van der Waals surface area contributed by atoms with Crippen molar-refractivity contribution in [3.05, 3.63) is 57.9 Å². The molecule has 1 N–H and O–H groups in total. The van der Waals surface area contributed by atoms with Crippen LogP contribution in [0.2, 0.25) is 0 Å². The van der Waals surface area contributed by atoms with E-state index in [9.17, 15) is 19.7 Å². The zero-order valence-corrected chi connectivity index (χ0v) is 11.2. The number of hydrogen-bond donors (Lipinski definition) is 1. The largest absolute Gasteiger partial charge is 0.468 e. The van der Waals surface area contributed by atoms with E-state index in [-0.39, 0.29) is 17.1 Å². The highest BCUT2D eigenvalue weighted by molar-refractivity contribution is 6.14. The second-order valence-corrected chi connectivity index (χ2v) is 4.38. The monoisotopic (exact) mass is 288 g/mol. The molecule has 1 aromatic rings. The van der Waals surface area contributed by atoms with Gasteiger partial charge in [-0.25, -0.2) is 0 Å². The third-order valence-corrected chi connectivity index (χ3v) is 3.02. The van der Waals surface area contributed by atoms with Gasteiger partial charge in [-0.3, -0.25) is 19.7 Å². The summed E-state index contributed by atoms with van der Waals surface area (Å²) in [5, 5.41) is 13.3. The fourth-order valence-corrected chi connectivity index (χ4v) is 1.95. The van der Waals surface area contributed by atoms with Crippen LogP contribution in [0.15, 0.2) is 42.2 Å². The number of hydrogen-bond acceptors (Lipinski definition) is 6. The number of benzene rings is 1. The van der Waals surface area contributed by atoms with Gasteiger partial charge in [0.05, 0.1) is 17.7 Å². The molecule has 0 saturated carbocycles. The van der Waals surface area contributed by atoms with Crippen molar-refractivity contribution >= 4 is 23.5 Å². The number of nitrogens with zero attached hydrogens (tertiary/aromatic N) is 1. The fourth-order valence-electron chi connectivity index (χ4n) is 1.95. The standard InChI is InChI=1S/C14H12N2O5/c1-8-12(14(18)21-2)13(17)11(15-8)7-9-3-5-10(6-4-9)16(19)20/h3-7,12,15H,1H2,2H3. The Morgan fingerprint density at radius 2 is 2.05 bits per heavy atom. The first-order valence-electron chi connectivity index (χ1n) is 5.98. The maximum absolute atomic E-state index is 12.1. The molecule has 7 heteroatoms. The van der Waals surface area contributed by atoms with Crippen LogP contribution >= 0.6 is 0 Å². The first-order valence-corrected chi connectivity index (χ1v) is 5.98. The van der Waals surface area contributed by atoms with Crippen LogP contribution in [-0.2, 0) is 14.3 Å². The number of carbonyl (C=O) groups excluding carboxylic acids is 2. The lowest BCUT2D eigenvalue weighted by Gasteiger charge is -2.03. The predicted octanol–water partition coefficient (Wildman–Crippen LogP) is 1.41. The molecule has 1 aliphatic heterocycles. The topological polar surface area (TPSA) is 98.5 Å². The van der Waals surface area contributed by atoms with Gasteiger partial charge in [0, 0.05) is 17.8 Å². The molecule has 0 bridgehead atoms. The van der Waals surface area contributed by atoms with Crippen LogP contribution in [0.1, 0.15) is 5.56 Å². The Balaban J connectivity index is 2.26. The van der Waals surface area contributed by atoms with E-state index in [2.05, 4.69) is 16.6 Å². The highest BCUT2D eigenvalue weighted by Crippen LogP contribution is 2.24. The summed E-state index contributed by atoms with van der Waals surface area (Å²) < 4.78 is 4.55. The third kappa shape index (κ3) is 2.81. The normalized spacial score (nSPS) is 19.5. The van der Waals surface area contributed by atoms with Gasteiger partial charge in [0.1, 0.15) is 0 Å². The number of Topliss-reactive ketones (excluding diaryl/α,β-unsaturated/α-hetero) is 1. The van der Waals surface area contributed by atoms with Gasteiger partial charge >= 0.3 is 5.97 Å². The number of ether oxygens (including phenoxy) is 1. The first kappa shape index (κ1) is 14.4. The number of allylic oxidation sites excluding steroid dienone is 1. The molecule has 2 rings (SSSR count). The minimum Gasteiger partial charge on any atom is -0.468 e. The van der Waals surface area contributed by atoms with Crippen LogP contribution in [0.5, 0.6) is 0 Å². The number of methoxy groups -OCH3 is 1. The Morgan fingerprint density at radius 1 is 1.43 bits per heavy atom. The van der Waals surface area contributed by atoms with Gasteiger partial charge in [0.15, 0.2) is 11.7 Å². The molecule has 108 valence electrons. The Kier molecular flexibility index (Phi) is 3.84. The Hall–Kier alpha value is -2.96. The molecule has 0 radical (unpaired) electrons. The van der Waals surface area contributed by atoms with Gasteiger partial charge < -0.3 is 10.1 Å². The van der Waals surface area contributed by atoms with E-state index in [1.807, 2.05) is 0 Å². The van der Waals surface area contributed by atoms with Crippen LogP contribution in [0.25, 0.3) is 6.08 Å². The van der Waals surface area contributed by atoms with Crippen LogP contribution in [0, 0.1) is 16.0 Å². The molecule has 1 atom stereocenters. The molecule has 1 heterocycles. The maximum Gasteiger partial charge on any atom is 0.322 e. The fraction of sp³-hybridized carbons (Fsp3) is 0.143. The Labute approximate surface area is 120 Å². The molecule has 7 nitrogen and oxygen atoms in total. The Morgan fingerprint density at radius 3 is 2.57 bits per heavy atom. The molecule has 0 aliphatic carbocycles. The number of rotatable bonds is 3. The number of ketones is 1. The average Bonchev–Trinajstić information content (AvgIpc) is 2.73. The third-order valence-electron chi connectivity index (χ3n) is 3.02. The lowest BCUT2D eigenvalue weighted by atomic mass is 10.0. The van der Waals surface area contributed by atoms with Crippen LogP contribution in [0.4, 0.5) is 5.69 Å². The summed E-state index contributed by atoms with van der Waals surface area (Å²) in [5.41, 5.74) is 0.999. The quantitative estimate of drug-likeness (QED) is 0.297. The number of carbonyl (C=O) groups is 2. The minimum absolute atomic E-state index is 0.0419. The summed E-state index contributed by atoms with van der Waals surface area (Å²) in [6.45, 7) is 3.62. The smallest absolute Gasteiger partial charge is 0.322 e. The van der Waals surface area contributed by atoms with Crippen molar-refractivity contribution in [1.82, 2.24) is 5.32 Å². The van der Waals surface area contributed by atoms with Crippen molar-refractivity contribution in [3.63, 3.8) is 0 Å². The zero-order valence-electron chi connectivity index (χ0n) is 11.2. The van der Waals surface area contributed by atoms with E-state index >= 15 is 0 Å². The summed E-state index contributed by atoms with van der Waals surface area (Å²) in [6, 6.07) is 5.68. The van der Waals surface area contributed by atoms with Crippen molar-refractivity contribution in [3.8, 4) is 0 Å². The van der Waals surface area contributed by atoms with Crippen LogP contribution in [0.3, 0.4) is 0 Å². The van der Waals surface area contributed by atoms with E-state index in [4.69, 9.17) is 0 Å². The van der Waals surface area contributed by atoms with E-state index in [0.717, 1.165) is 0 Å². The second kappa shape index (κ2) is 5.58. The van der Waals surface area contributed by atoms with Crippen LogP contribution in [-0.4, -0.2) is 23.8 Å². The Bertz CT molecular complexity index is 660. The van der Waals surface area contributed by atoms with Crippen LogP contribution < -0.4 is 5.32 Å². The van der Waals surface area contributed by atoms with Gasteiger partial charge in [0.2, 0.25) is 0 Å². The number of nitrogens with one attached hydrogen (secondary N) is 1. The number of non-ortho nitro benzene ring substituents is 1. The zero-order chi connectivity index (χ0) is 15.6. The van der Waals surface area contributed by atoms with Crippen molar-refractivity contribution in [2.75, 3.05) is 7.11 Å². The molecule has 0 amide bonds. The molecular weight excluding hydrogens is 276 g/mol. The summed E-state index contributed by atoms with van der Waals surface area (Å²) in [7, 11) is 1.20. The van der Waals surface area contributed by atoms with Gasteiger partial charge in [0.25, 0.3) is 5.69 Å². The minimum atomic E-state index is -1.06. The van der Waals surface area contributed by atoms with E-state index in [0.29, 0.717) is 5.56 Å². The highest BCUT2D eigenvalue weighted by Gasteiger charge is 2.39. The molecule has 1 saturated heterocycles. The summed E-state index contributed by atoms with van der Waals surface area (Å²) >= 11 is 0. The summed E-state index contributed by atoms with van der Waals surface area (Å²) in [6.07, 6.45) is 1.50. The van der Waals surface area contributed by atoms with Gasteiger partial charge in [-0.15, -0.1) is 0 Å². The molecule has 21 heavy (non-hydrogen) atoms. The molecule has 1 aromatic carbocycles. The van der Waals surface area contributed by atoms with Gasteiger partial charge in [-0.1, -0.05) is 6.58 Å². The van der Waals surface area contributed by atoms with Crippen molar-refractivity contribution in [2.45, 2.75) is 0 Å². The number of nitro groups is 1. The average molecular weight is 288 g/mol. The lowest BCUT2D eigenvalue weighted by molar-refractivity contribution is -0.384. The number of nitro benzene ring substituents is 1. The van der Waals surface area contributed by atoms with Crippen molar-refractivity contribution in [2.24, 2.45) is 5.92 Å². The molecule has 1 aliphatic rings. The maximum atomic E-state index is 12.1. The van der Waals surface area contributed by atoms with E-state index in [1.165, 1.54) is 37.5 Å². The highest BCUT2D eigenvalue weighted by atomic mass is 16.6. The number of esters is 1. The first-order chi connectivity index (χ1) is 9.93. The van der Waals surface area contributed by atoms with E-state index in [1.54, 1.807) is 0 Å². The molecule has 0 spiro atoms. The predicted molar refractivity (Wildman–Crippen MR) is 73.9 cm³/mol. The summed E-state index contributed by atoms with van der Waals surface area (Å²) in [4.78, 5) is 33.7. The molecule has 1 fully saturated rings. The van der Waals surface area contributed by atoms with Crippen molar-refractivity contribution < 1.29 is 19.2 Å². The van der Waals surface area contributed by atoms with E-state index < -0.39 is 22.6 Å². The molecular formula is C14H12N2O5. The summed E-state index contributed by atoms with van der Waals surface area (Å²) in [5.74, 6) is -2.17. The molecule has 1 unspecified atom stereocenters. The second-order valence-electron chi connectivity index (χ2n) is 4.38. The van der Waals surface area contributed by atoms with Gasteiger partial charge in [-0.05, 0) is 23.8 Å². The SMILES string of the molecule is C=C1NC(=Cc2ccc([N+](=O)[O-])cc2)C(=O)C1C(=O)OC. The lowest BCUT2D eigenvalue weighted by Crippen LogP contribution is -2.21. The van der Waals surface area contributed by atoms with Gasteiger partial charge in [-0.2, -0.15) is 0 Å².